The van der Waals surface area contributed by atoms with E-state index in [1.807, 2.05) is 0 Å². The second-order valence-corrected chi connectivity index (χ2v) is 4.59. The van der Waals surface area contributed by atoms with Gasteiger partial charge in [0.2, 0.25) is 0 Å². The van der Waals surface area contributed by atoms with E-state index in [1.54, 1.807) is 18.2 Å². The van der Waals surface area contributed by atoms with Crippen molar-refractivity contribution in [2.24, 2.45) is 0 Å². The highest BCUT2D eigenvalue weighted by Gasteiger charge is 2.12. The molecule has 3 aromatic rings. The third-order valence-electron chi connectivity index (χ3n) is 3.31. The summed E-state index contributed by atoms with van der Waals surface area (Å²) in [6.07, 6.45) is 1.53. The Morgan fingerprint density at radius 2 is 1.85 bits per heavy atom. The summed E-state index contributed by atoms with van der Waals surface area (Å²) in [5, 5.41) is 4.69. The molecule has 0 fully saturated rings. The Bertz CT molecular complexity index is 770. The molecule has 0 spiro atoms. The van der Waals surface area contributed by atoms with Crippen molar-refractivity contribution in [2.75, 3.05) is 0 Å². The summed E-state index contributed by atoms with van der Waals surface area (Å²) in [5.74, 6) is -1.20. The van der Waals surface area contributed by atoms with Crippen molar-refractivity contribution in [2.45, 2.75) is 13.7 Å². The maximum atomic E-state index is 13.7. The zero-order valence-corrected chi connectivity index (χ0v) is 10.7. The number of alkyl halides is 1. The van der Waals surface area contributed by atoms with Crippen molar-refractivity contribution in [3.63, 3.8) is 0 Å². The first-order valence-corrected chi connectivity index (χ1v) is 6.08. The largest absolute Gasteiger partial charge is 0.241 e. The molecule has 0 unspecified atom stereocenters. The first kappa shape index (κ1) is 12.7. The van der Waals surface area contributed by atoms with Crippen LogP contribution in [-0.4, -0.2) is 9.78 Å². The average molecular weight is 276 g/mol. The molecule has 3 rings (SSSR count). The van der Waals surface area contributed by atoms with Crippen LogP contribution in [0.2, 0.25) is 0 Å². The lowest BCUT2D eigenvalue weighted by Crippen LogP contribution is -1.91. The minimum Gasteiger partial charge on any atom is -0.241 e. The summed E-state index contributed by atoms with van der Waals surface area (Å²) in [5.41, 5.74) is 1.61. The third-order valence-corrected chi connectivity index (χ3v) is 3.31. The lowest BCUT2D eigenvalue weighted by Gasteiger charge is -2.06. The topological polar surface area (TPSA) is 17.8 Å². The molecular weight excluding hydrogens is 265 g/mol. The number of hydrogen-bond acceptors (Lipinski definition) is 1. The molecule has 0 N–H and O–H groups in total. The van der Waals surface area contributed by atoms with Crippen molar-refractivity contribution in [3.8, 4) is 11.1 Å². The summed E-state index contributed by atoms with van der Waals surface area (Å²) in [4.78, 5) is 0. The Labute approximate surface area is 113 Å². The summed E-state index contributed by atoms with van der Waals surface area (Å²) < 4.78 is 41.2. The molecule has 2 aromatic carbocycles. The lowest BCUT2D eigenvalue weighted by atomic mass is 10.0. The van der Waals surface area contributed by atoms with E-state index in [9.17, 15) is 13.2 Å². The first-order chi connectivity index (χ1) is 9.60. The van der Waals surface area contributed by atoms with Crippen LogP contribution in [0, 0.1) is 18.6 Å². The van der Waals surface area contributed by atoms with Crippen LogP contribution < -0.4 is 0 Å². The van der Waals surface area contributed by atoms with Crippen LogP contribution in [0.5, 0.6) is 0 Å². The molecule has 2 nitrogen and oxygen atoms in total. The quantitative estimate of drug-likeness (QED) is 0.685. The minimum atomic E-state index is -0.745. The van der Waals surface area contributed by atoms with Gasteiger partial charge in [0.05, 0.1) is 5.52 Å². The summed E-state index contributed by atoms with van der Waals surface area (Å²) in [6.45, 7) is 0.640. The highest BCUT2D eigenvalue weighted by molar-refractivity contribution is 5.94. The fraction of sp³-hybridized carbons (Fsp3) is 0.133. The van der Waals surface area contributed by atoms with Gasteiger partial charge in [-0.2, -0.15) is 5.10 Å². The second-order valence-electron chi connectivity index (χ2n) is 4.59. The van der Waals surface area contributed by atoms with Crippen LogP contribution in [0.4, 0.5) is 13.2 Å². The molecule has 0 aliphatic carbocycles. The van der Waals surface area contributed by atoms with Crippen molar-refractivity contribution >= 4 is 10.9 Å². The van der Waals surface area contributed by atoms with Gasteiger partial charge in [0, 0.05) is 17.1 Å². The van der Waals surface area contributed by atoms with Gasteiger partial charge in [0.25, 0.3) is 0 Å². The maximum absolute atomic E-state index is 13.7. The van der Waals surface area contributed by atoms with Gasteiger partial charge in [-0.1, -0.05) is 12.1 Å². The summed E-state index contributed by atoms with van der Waals surface area (Å²) in [7, 11) is 0. The van der Waals surface area contributed by atoms with E-state index in [-0.39, 0.29) is 5.56 Å². The number of rotatable bonds is 2. The second kappa shape index (κ2) is 4.67. The molecule has 20 heavy (non-hydrogen) atoms. The van der Waals surface area contributed by atoms with Gasteiger partial charge in [0.15, 0.2) is 6.80 Å². The molecule has 1 aromatic heterocycles. The van der Waals surface area contributed by atoms with Gasteiger partial charge >= 0.3 is 0 Å². The van der Waals surface area contributed by atoms with Gasteiger partial charge < -0.3 is 0 Å². The van der Waals surface area contributed by atoms with E-state index >= 15 is 0 Å². The van der Waals surface area contributed by atoms with E-state index < -0.39 is 18.4 Å². The number of aromatic nitrogens is 2. The molecule has 1 heterocycles. The van der Waals surface area contributed by atoms with Crippen molar-refractivity contribution in [1.29, 1.82) is 0 Å². The Balaban J connectivity index is 2.26. The molecule has 0 amide bonds. The fourth-order valence-electron chi connectivity index (χ4n) is 2.21. The molecule has 0 saturated heterocycles. The number of halogens is 3. The van der Waals surface area contributed by atoms with Crippen molar-refractivity contribution in [1.82, 2.24) is 9.78 Å². The average Bonchev–Trinajstić information content (AvgIpc) is 2.87. The minimum absolute atomic E-state index is 0.0135. The molecule has 5 heteroatoms. The van der Waals surface area contributed by atoms with E-state index in [4.69, 9.17) is 0 Å². The predicted molar refractivity (Wildman–Crippen MR) is 70.9 cm³/mol. The third kappa shape index (κ3) is 1.95. The highest BCUT2D eigenvalue weighted by atomic mass is 19.1. The van der Waals surface area contributed by atoms with Crippen LogP contribution in [0.25, 0.3) is 22.0 Å². The smallest absolute Gasteiger partial charge is 0.181 e. The van der Waals surface area contributed by atoms with E-state index in [0.717, 1.165) is 4.68 Å². The Hall–Kier alpha value is -2.30. The van der Waals surface area contributed by atoms with E-state index in [0.29, 0.717) is 22.0 Å². The molecule has 0 saturated carbocycles. The van der Waals surface area contributed by atoms with Gasteiger partial charge in [0.1, 0.15) is 11.6 Å². The first-order valence-electron chi connectivity index (χ1n) is 6.08. The molecule has 0 aliphatic rings. The maximum Gasteiger partial charge on any atom is 0.181 e. The lowest BCUT2D eigenvalue weighted by molar-refractivity contribution is 0.351. The Kier molecular flexibility index (Phi) is 2.97. The van der Waals surface area contributed by atoms with Crippen LogP contribution in [0.1, 0.15) is 5.56 Å². The van der Waals surface area contributed by atoms with Gasteiger partial charge in [-0.3, -0.25) is 0 Å². The zero-order chi connectivity index (χ0) is 14.3. The summed E-state index contributed by atoms with van der Waals surface area (Å²) >= 11 is 0. The van der Waals surface area contributed by atoms with Crippen molar-refractivity contribution < 1.29 is 13.2 Å². The number of benzene rings is 2. The fourth-order valence-corrected chi connectivity index (χ4v) is 2.21. The van der Waals surface area contributed by atoms with Gasteiger partial charge in [-0.25, -0.2) is 17.9 Å². The number of fused-ring (bicyclic) bond motifs is 1. The monoisotopic (exact) mass is 276 g/mol. The molecular formula is C15H11F3N2. The standard InChI is InChI=1S/C15H11F3N2/c1-9-13(17)5-10(6-14(9)18)11-3-2-4-15-12(11)7-20(8-16)19-15/h2-7H,8H2,1H3. The molecule has 0 aliphatic heterocycles. The van der Waals surface area contributed by atoms with E-state index in [2.05, 4.69) is 5.10 Å². The van der Waals surface area contributed by atoms with Crippen LogP contribution >= 0.6 is 0 Å². The van der Waals surface area contributed by atoms with Crippen LogP contribution in [0.3, 0.4) is 0 Å². The van der Waals surface area contributed by atoms with Crippen LogP contribution in [-0.2, 0) is 6.80 Å². The normalized spacial score (nSPS) is 11.2. The van der Waals surface area contributed by atoms with Crippen molar-refractivity contribution in [3.05, 3.63) is 53.7 Å². The molecule has 0 radical (unpaired) electrons. The molecule has 0 atom stereocenters. The van der Waals surface area contributed by atoms with E-state index in [1.165, 1.54) is 25.3 Å². The Morgan fingerprint density at radius 1 is 1.15 bits per heavy atom. The highest BCUT2D eigenvalue weighted by Crippen LogP contribution is 2.30. The van der Waals surface area contributed by atoms with Gasteiger partial charge in [-0.15, -0.1) is 0 Å². The summed E-state index contributed by atoms with van der Waals surface area (Å²) in [6, 6.07) is 7.74. The van der Waals surface area contributed by atoms with Crippen LogP contribution in [0.15, 0.2) is 36.5 Å². The SMILES string of the molecule is Cc1c(F)cc(-c2cccc3nn(CF)cc23)cc1F. The molecule has 0 bridgehead atoms. The Morgan fingerprint density at radius 3 is 2.50 bits per heavy atom. The number of hydrogen-bond donors (Lipinski definition) is 0. The molecule has 102 valence electrons. The predicted octanol–water partition coefficient (Wildman–Crippen LogP) is 4.22. The zero-order valence-electron chi connectivity index (χ0n) is 10.7. The number of nitrogens with zero attached hydrogens (tertiary/aromatic N) is 2. The van der Waals surface area contributed by atoms with Gasteiger partial charge in [-0.05, 0) is 36.2 Å².